The predicted octanol–water partition coefficient (Wildman–Crippen LogP) is 1.03. The maximum absolute atomic E-state index is 12.0. The molecule has 1 heterocycles. The zero-order chi connectivity index (χ0) is 12.2. The number of nitrogens with zero attached hydrogens (tertiary/aromatic N) is 1. The van der Waals surface area contributed by atoms with Crippen molar-refractivity contribution in [1.29, 1.82) is 0 Å². The fraction of sp³-hybridized carbons (Fsp3) is 1.00. The van der Waals surface area contributed by atoms with Gasteiger partial charge in [-0.1, -0.05) is 13.8 Å². The van der Waals surface area contributed by atoms with Crippen molar-refractivity contribution in [3.63, 3.8) is 0 Å². The summed E-state index contributed by atoms with van der Waals surface area (Å²) in [5.74, 6) is 1.09. The van der Waals surface area contributed by atoms with Crippen molar-refractivity contribution >= 4 is 10.0 Å². The van der Waals surface area contributed by atoms with Crippen LogP contribution in [0, 0.1) is 11.8 Å². The molecule has 0 aromatic heterocycles. The molecule has 0 spiro atoms. The van der Waals surface area contributed by atoms with Crippen molar-refractivity contribution in [2.45, 2.75) is 33.1 Å². The van der Waals surface area contributed by atoms with E-state index in [1.165, 1.54) is 0 Å². The van der Waals surface area contributed by atoms with E-state index >= 15 is 0 Å². The van der Waals surface area contributed by atoms with Gasteiger partial charge in [0.25, 0.3) is 0 Å². The number of rotatable bonds is 5. The molecule has 1 saturated heterocycles. The molecule has 5 heteroatoms. The average molecular weight is 248 g/mol. The van der Waals surface area contributed by atoms with E-state index in [4.69, 9.17) is 5.73 Å². The maximum Gasteiger partial charge on any atom is 0.214 e. The van der Waals surface area contributed by atoms with Crippen LogP contribution in [0.4, 0.5) is 0 Å². The number of hydrogen-bond acceptors (Lipinski definition) is 3. The normalized spacial score (nSPS) is 20.5. The Morgan fingerprint density at radius 2 is 1.88 bits per heavy atom. The molecule has 1 aliphatic rings. The minimum Gasteiger partial charge on any atom is -0.330 e. The van der Waals surface area contributed by atoms with Crippen LogP contribution >= 0.6 is 0 Å². The molecule has 0 saturated carbocycles. The minimum absolute atomic E-state index is 0.201. The number of nitrogens with two attached hydrogens (primary N) is 1. The first-order valence-electron chi connectivity index (χ1n) is 6.13. The van der Waals surface area contributed by atoms with Crippen molar-refractivity contribution in [1.82, 2.24) is 4.31 Å². The molecule has 0 aromatic rings. The first-order chi connectivity index (χ1) is 7.45. The van der Waals surface area contributed by atoms with Crippen LogP contribution in [0.2, 0.25) is 0 Å². The minimum atomic E-state index is -3.02. The quantitative estimate of drug-likeness (QED) is 0.790. The highest BCUT2D eigenvalue weighted by molar-refractivity contribution is 7.89. The van der Waals surface area contributed by atoms with Crippen LogP contribution in [-0.4, -0.2) is 38.1 Å². The van der Waals surface area contributed by atoms with Crippen molar-refractivity contribution < 1.29 is 8.42 Å². The Morgan fingerprint density at radius 1 is 1.31 bits per heavy atom. The lowest BCUT2D eigenvalue weighted by molar-refractivity contribution is 0.265. The van der Waals surface area contributed by atoms with Gasteiger partial charge in [-0.25, -0.2) is 12.7 Å². The van der Waals surface area contributed by atoms with Crippen molar-refractivity contribution in [2.24, 2.45) is 17.6 Å². The fourth-order valence-electron chi connectivity index (χ4n) is 2.24. The van der Waals surface area contributed by atoms with Crippen LogP contribution in [0.3, 0.4) is 0 Å². The third-order valence-corrected chi connectivity index (χ3v) is 5.33. The number of sulfonamides is 1. The van der Waals surface area contributed by atoms with Gasteiger partial charge in [0.1, 0.15) is 0 Å². The van der Waals surface area contributed by atoms with E-state index < -0.39 is 10.0 Å². The summed E-state index contributed by atoms with van der Waals surface area (Å²) < 4.78 is 25.6. The van der Waals surface area contributed by atoms with Crippen LogP contribution in [-0.2, 0) is 10.0 Å². The fourth-order valence-corrected chi connectivity index (χ4v) is 4.06. The van der Waals surface area contributed by atoms with Crippen LogP contribution in [0.5, 0.6) is 0 Å². The third-order valence-electron chi connectivity index (χ3n) is 3.09. The predicted molar refractivity (Wildman–Crippen MR) is 66.6 cm³/mol. The Balaban J connectivity index is 2.47. The van der Waals surface area contributed by atoms with E-state index in [0.717, 1.165) is 19.3 Å². The molecule has 1 rings (SSSR count). The van der Waals surface area contributed by atoms with Crippen LogP contribution in [0.1, 0.15) is 33.1 Å². The molecule has 0 aromatic carbocycles. The molecular weight excluding hydrogens is 224 g/mol. The van der Waals surface area contributed by atoms with Gasteiger partial charge in [-0.05, 0) is 37.6 Å². The van der Waals surface area contributed by atoms with E-state index in [1.54, 1.807) is 4.31 Å². The Morgan fingerprint density at radius 3 is 2.31 bits per heavy atom. The van der Waals surface area contributed by atoms with E-state index in [1.807, 2.05) is 13.8 Å². The van der Waals surface area contributed by atoms with Crippen LogP contribution in [0.15, 0.2) is 0 Å². The van der Waals surface area contributed by atoms with Gasteiger partial charge in [0.05, 0.1) is 5.75 Å². The molecule has 1 fully saturated rings. The molecule has 0 radical (unpaired) electrons. The van der Waals surface area contributed by atoms with Gasteiger partial charge in [-0.3, -0.25) is 0 Å². The second-order valence-electron chi connectivity index (χ2n) is 5.09. The van der Waals surface area contributed by atoms with Crippen LogP contribution in [0.25, 0.3) is 0 Å². The molecule has 96 valence electrons. The second-order valence-corrected chi connectivity index (χ2v) is 7.11. The maximum atomic E-state index is 12.0. The largest absolute Gasteiger partial charge is 0.330 e. The van der Waals surface area contributed by atoms with E-state index in [0.29, 0.717) is 25.6 Å². The molecule has 1 aliphatic heterocycles. The summed E-state index contributed by atoms with van der Waals surface area (Å²) in [5.41, 5.74) is 5.51. The highest BCUT2D eigenvalue weighted by Crippen LogP contribution is 2.22. The summed E-state index contributed by atoms with van der Waals surface area (Å²) in [5, 5.41) is 0. The zero-order valence-electron chi connectivity index (χ0n) is 10.4. The topological polar surface area (TPSA) is 63.4 Å². The molecule has 2 N–H and O–H groups in total. The lowest BCUT2D eigenvalue weighted by Crippen LogP contribution is -2.40. The van der Waals surface area contributed by atoms with E-state index in [2.05, 4.69) is 0 Å². The summed E-state index contributed by atoms with van der Waals surface area (Å²) >= 11 is 0. The summed E-state index contributed by atoms with van der Waals surface area (Å²) in [4.78, 5) is 0. The SMILES string of the molecule is CC(C)CS(=O)(=O)N1CCC(CCN)CC1. The Kier molecular flexibility index (Phi) is 5.21. The monoisotopic (exact) mass is 248 g/mol. The van der Waals surface area contributed by atoms with Gasteiger partial charge in [-0.15, -0.1) is 0 Å². The highest BCUT2D eigenvalue weighted by Gasteiger charge is 2.27. The highest BCUT2D eigenvalue weighted by atomic mass is 32.2. The van der Waals surface area contributed by atoms with Crippen molar-refractivity contribution in [2.75, 3.05) is 25.4 Å². The van der Waals surface area contributed by atoms with Crippen molar-refractivity contribution in [3.05, 3.63) is 0 Å². The molecular formula is C11H24N2O2S. The lowest BCUT2D eigenvalue weighted by atomic mass is 9.95. The summed E-state index contributed by atoms with van der Waals surface area (Å²) in [6.45, 7) is 5.96. The molecule has 0 atom stereocenters. The molecule has 0 aliphatic carbocycles. The second kappa shape index (κ2) is 5.98. The summed E-state index contributed by atoms with van der Waals surface area (Å²) in [6, 6.07) is 0. The summed E-state index contributed by atoms with van der Waals surface area (Å²) in [6.07, 6.45) is 2.96. The third kappa shape index (κ3) is 4.03. The Hall–Kier alpha value is -0.130. The smallest absolute Gasteiger partial charge is 0.214 e. The van der Waals surface area contributed by atoms with E-state index in [-0.39, 0.29) is 11.7 Å². The first-order valence-corrected chi connectivity index (χ1v) is 7.74. The zero-order valence-corrected chi connectivity index (χ0v) is 11.2. The van der Waals surface area contributed by atoms with Gasteiger partial charge in [0.15, 0.2) is 0 Å². The average Bonchev–Trinajstić information content (AvgIpc) is 2.17. The van der Waals surface area contributed by atoms with Crippen LogP contribution < -0.4 is 5.73 Å². The first kappa shape index (κ1) is 13.9. The molecule has 0 bridgehead atoms. The van der Waals surface area contributed by atoms with Gasteiger partial charge in [-0.2, -0.15) is 0 Å². The Bertz CT molecular complexity index is 293. The van der Waals surface area contributed by atoms with Crippen molar-refractivity contribution in [3.8, 4) is 0 Å². The molecule has 0 amide bonds. The summed E-state index contributed by atoms with van der Waals surface area (Å²) in [7, 11) is -3.02. The number of piperidine rings is 1. The molecule has 4 nitrogen and oxygen atoms in total. The van der Waals surface area contributed by atoms with Gasteiger partial charge in [0.2, 0.25) is 10.0 Å². The lowest BCUT2D eigenvalue weighted by Gasteiger charge is -2.31. The Labute approximate surface area is 99.2 Å². The standard InChI is InChI=1S/C11H24N2O2S/c1-10(2)9-16(14,15)13-7-4-11(3-6-12)5-8-13/h10-11H,3-9,12H2,1-2H3. The molecule has 0 unspecified atom stereocenters. The van der Waals surface area contributed by atoms with Gasteiger partial charge >= 0.3 is 0 Å². The van der Waals surface area contributed by atoms with Gasteiger partial charge < -0.3 is 5.73 Å². The molecule has 16 heavy (non-hydrogen) atoms. The van der Waals surface area contributed by atoms with E-state index in [9.17, 15) is 8.42 Å². The van der Waals surface area contributed by atoms with Gasteiger partial charge in [0, 0.05) is 13.1 Å². The number of hydrogen-bond donors (Lipinski definition) is 1.